The van der Waals surface area contributed by atoms with Crippen molar-refractivity contribution in [2.75, 3.05) is 0 Å². The van der Waals surface area contributed by atoms with Gasteiger partial charge in [-0.2, -0.15) is 0 Å². The summed E-state index contributed by atoms with van der Waals surface area (Å²) in [5.74, 6) is 0.866. The van der Waals surface area contributed by atoms with Crippen LogP contribution in [0.1, 0.15) is 0 Å². The van der Waals surface area contributed by atoms with Crippen molar-refractivity contribution in [1.29, 1.82) is 0 Å². The molecule has 9 aromatic carbocycles. The Morgan fingerprint density at radius 1 is 0.222 bits per heavy atom. The Morgan fingerprint density at radius 3 is 1.20 bits per heavy atom. The standard InChI is InChI=1S/C52H32O2/c1-4-14-34(15-5-1)49-39-20-10-12-22-41(39)50(42-23-13-11-21-40(42)49)36-26-24-33(25-27-36)38-28-29-46-43(30-38)44-31-48-45(32-47(44)53-46)51(35-16-6-2-7-17-35)52(54-48)37-18-8-3-9-19-37/h1-32H. The Labute approximate surface area is 312 Å². The maximum Gasteiger partial charge on any atom is 0.143 e. The highest BCUT2D eigenvalue weighted by atomic mass is 16.3. The minimum Gasteiger partial charge on any atom is -0.456 e. The first-order valence-corrected chi connectivity index (χ1v) is 18.4. The second kappa shape index (κ2) is 12.2. The average Bonchev–Trinajstić information content (AvgIpc) is 3.80. The molecule has 0 amide bonds. The highest BCUT2D eigenvalue weighted by Crippen LogP contribution is 2.46. The molecule has 2 nitrogen and oxygen atoms in total. The van der Waals surface area contributed by atoms with E-state index in [1.165, 1.54) is 43.8 Å². The molecule has 11 rings (SSSR count). The largest absolute Gasteiger partial charge is 0.456 e. The van der Waals surface area contributed by atoms with E-state index in [0.29, 0.717) is 0 Å². The lowest BCUT2D eigenvalue weighted by Gasteiger charge is -2.18. The summed E-state index contributed by atoms with van der Waals surface area (Å²) in [5.41, 5.74) is 13.1. The summed E-state index contributed by atoms with van der Waals surface area (Å²) in [6, 6.07) is 69.0. The van der Waals surface area contributed by atoms with Crippen molar-refractivity contribution in [3.05, 3.63) is 194 Å². The molecule has 0 aliphatic carbocycles. The van der Waals surface area contributed by atoms with Gasteiger partial charge < -0.3 is 8.83 Å². The van der Waals surface area contributed by atoms with Crippen molar-refractivity contribution in [3.8, 4) is 55.8 Å². The Kier molecular flexibility index (Phi) is 6.90. The molecule has 0 bridgehead atoms. The molecule has 0 aliphatic rings. The van der Waals surface area contributed by atoms with E-state index in [2.05, 4.69) is 182 Å². The van der Waals surface area contributed by atoms with Crippen LogP contribution < -0.4 is 0 Å². The van der Waals surface area contributed by atoms with Gasteiger partial charge in [0.05, 0.1) is 0 Å². The molecule has 0 saturated carbocycles. The fourth-order valence-corrected chi connectivity index (χ4v) is 8.41. The van der Waals surface area contributed by atoms with Crippen molar-refractivity contribution in [2.24, 2.45) is 0 Å². The highest BCUT2D eigenvalue weighted by Gasteiger charge is 2.21. The van der Waals surface area contributed by atoms with Gasteiger partial charge in [0, 0.05) is 27.3 Å². The molecule has 2 heteroatoms. The molecule has 0 aliphatic heterocycles. The second-order valence-electron chi connectivity index (χ2n) is 14.0. The second-order valence-corrected chi connectivity index (χ2v) is 14.0. The number of benzene rings is 9. The first kappa shape index (κ1) is 30.5. The molecule has 0 atom stereocenters. The van der Waals surface area contributed by atoms with Crippen LogP contribution in [-0.4, -0.2) is 0 Å². The fraction of sp³-hybridized carbons (Fsp3) is 0. The third-order valence-corrected chi connectivity index (χ3v) is 10.9. The summed E-state index contributed by atoms with van der Waals surface area (Å²) >= 11 is 0. The van der Waals surface area contributed by atoms with Crippen LogP contribution in [-0.2, 0) is 0 Å². The van der Waals surface area contributed by atoms with Crippen molar-refractivity contribution in [1.82, 2.24) is 0 Å². The summed E-state index contributed by atoms with van der Waals surface area (Å²) in [7, 11) is 0. The van der Waals surface area contributed by atoms with Gasteiger partial charge in [0.25, 0.3) is 0 Å². The van der Waals surface area contributed by atoms with Crippen molar-refractivity contribution in [2.45, 2.75) is 0 Å². The number of hydrogen-bond acceptors (Lipinski definition) is 2. The molecule has 0 radical (unpaired) electrons. The molecule has 54 heavy (non-hydrogen) atoms. The number of rotatable bonds is 5. The zero-order valence-electron chi connectivity index (χ0n) is 29.3. The Balaban J connectivity index is 1.03. The molecule has 252 valence electrons. The molecule has 0 N–H and O–H groups in total. The summed E-state index contributed by atoms with van der Waals surface area (Å²) in [6.07, 6.45) is 0. The molecule has 0 saturated heterocycles. The lowest BCUT2D eigenvalue weighted by atomic mass is 9.86. The maximum atomic E-state index is 6.69. The first-order chi connectivity index (χ1) is 26.8. The number of fused-ring (bicyclic) bond motifs is 6. The van der Waals surface area contributed by atoms with Crippen LogP contribution in [0.15, 0.2) is 203 Å². The summed E-state index contributed by atoms with van der Waals surface area (Å²) in [6.45, 7) is 0. The topological polar surface area (TPSA) is 26.3 Å². The van der Waals surface area contributed by atoms with E-state index >= 15 is 0 Å². The van der Waals surface area contributed by atoms with E-state index in [1.807, 2.05) is 12.1 Å². The normalized spacial score (nSPS) is 11.7. The quantitative estimate of drug-likeness (QED) is 0.168. The van der Waals surface area contributed by atoms with Crippen molar-refractivity contribution in [3.63, 3.8) is 0 Å². The van der Waals surface area contributed by atoms with E-state index in [9.17, 15) is 0 Å². The summed E-state index contributed by atoms with van der Waals surface area (Å²) in [5, 5.41) is 8.18. The molecule has 0 unspecified atom stereocenters. The lowest BCUT2D eigenvalue weighted by molar-refractivity contribution is 0.632. The average molecular weight is 689 g/mol. The van der Waals surface area contributed by atoms with Crippen LogP contribution in [0.4, 0.5) is 0 Å². The van der Waals surface area contributed by atoms with Crippen molar-refractivity contribution >= 4 is 54.5 Å². The summed E-state index contributed by atoms with van der Waals surface area (Å²) in [4.78, 5) is 0. The van der Waals surface area contributed by atoms with Crippen LogP contribution in [0.5, 0.6) is 0 Å². The maximum absolute atomic E-state index is 6.69. The fourth-order valence-electron chi connectivity index (χ4n) is 8.41. The van der Waals surface area contributed by atoms with E-state index in [-0.39, 0.29) is 0 Å². The molecular formula is C52H32O2. The van der Waals surface area contributed by atoms with Gasteiger partial charge in [0.15, 0.2) is 0 Å². The Morgan fingerprint density at radius 2 is 0.630 bits per heavy atom. The predicted molar refractivity (Wildman–Crippen MR) is 226 cm³/mol. The lowest BCUT2D eigenvalue weighted by Crippen LogP contribution is -1.90. The molecule has 2 aromatic heterocycles. The summed E-state index contributed by atoms with van der Waals surface area (Å²) < 4.78 is 13.2. The Hall–Kier alpha value is -7.16. The molecular weight excluding hydrogens is 657 g/mol. The van der Waals surface area contributed by atoms with E-state index in [4.69, 9.17) is 8.83 Å². The monoisotopic (exact) mass is 688 g/mol. The molecule has 11 aromatic rings. The zero-order valence-corrected chi connectivity index (χ0v) is 29.3. The number of hydrogen-bond donors (Lipinski definition) is 0. The zero-order chi connectivity index (χ0) is 35.6. The van der Waals surface area contributed by atoms with Crippen molar-refractivity contribution < 1.29 is 8.83 Å². The minimum atomic E-state index is 0.843. The van der Waals surface area contributed by atoms with Gasteiger partial charge in [0.2, 0.25) is 0 Å². The van der Waals surface area contributed by atoms with E-state index in [0.717, 1.165) is 66.5 Å². The first-order valence-electron chi connectivity index (χ1n) is 18.4. The van der Waals surface area contributed by atoms with Gasteiger partial charge in [-0.1, -0.05) is 170 Å². The van der Waals surface area contributed by atoms with Gasteiger partial charge in [-0.15, -0.1) is 0 Å². The molecule has 2 heterocycles. The van der Waals surface area contributed by atoms with E-state index in [1.54, 1.807) is 0 Å². The number of furan rings is 2. The minimum absolute atomic E-state index is 0.843. The van der Waals surface area contributed by atoms with Crippen LogP contribution in [0, 0.1) is 0 Å². The third-order valence-electron chi connectivity index (χ3n) is 10.9. The van der Waals surface area contributed by atoms with Gasteiger partial charge in [-0.3, -0.25) is 0 Å². The van der Waals surface area contributed by atoms with Gasteiger partial charge in [0.1, 0.15) is 22.5 Å². The van der Waals surface area contributed by atoms with Gasteiger partial charge in [-0.25, -0.2) is 0 Å². The van der Waals surface area contributed by atoms with Crippen LogP contribution in [0.3, 0.4) is 0 Å². The van der Waals surface area contributed by atoms with Gasteiger partial charge >= 0.3 is 0 Å². The predicted octanol–water partition coefficient (Wildman–Crippen LogP) is 15.0. The SMILES string of the molecule is c1ccc(-c2oc3cc4c(cc3c2-c2ccccc2)oc2ccc(-c3ccc(-c5c6ccccc6c(-c6ccccc6)c6ccccc56)cc3)cc24)cc1. The molecule has 0 fully saturated rings. The molecule has 0 spiro atoms. The van der Waals surface area contributed by atoms with Crippen LogP contribution >= 0.6 is 0 Å². The Bertz CT molecular complexity index is 3110. The highest BCUT2D eigenvalue weighted by molar-refractivity contribution is 6.21. The van der Waals surface area contributed by atoms with Crippen LogP contribution in [0.2, 0.25) is 0 Å². The third kappa shape index (κ3) is 4.81. The van der Waals surface area contributed by atoms with E-state index < -0.39 is 0 Å². The van der Waals surface area contributed by atoms with Crippen LogP contribution in [0.25, 0.3) is 110 Å². The van der Waals surface area contributed by atoms with Gasteiger partial charge in [-0.05, 0) is 84.8 Å². The smallest absolute Gasteiger partial charge is 0.143 e.